The fourth-order valence-corrected chi connectivity index (χ4v) is 3.33. The molecular formula is C22H26FN3O4. The Morgan fingerprint density at radius 3 is 2.50 bits per heavy atom. The zero-order valence-corrected chi connectivity index (χ0v) is 16.9. The fourth-order valence-electron chi connectivity index (χ4n) is 3.33. The number of halogens is 1. The van der Waals surface area contributed by atoms with E-state index in [-0.39, 0.29) is 24.9 Å². The minimum Gasteiger partial charge on any atom is -0.497 e. The number of rotatable bonds is 7. The number of benzene rings is 2. The number of ether oxygens (including phenoxy) is 2. The molecule has 7 nitrogen and oxygen atoms in total. The largest absolute Gasteiger partial charge is 0.497 e. The van der Waals surface area contributed by atoms with Crippen molar-refractivity contribution in [1.82, 2.24) is 15.5 Å². The molecule has 0 aliphatic carbocycles. The number of carbonyl (C=O) groups excluding carboxylic acids is 2. The van der Waals surface area contributed by atoms with Crippen molar-refractivity contribution in [2.45, 2.75) is 12.6 Å². The van der Waals surface area contributed by atoms with Crippen molar-refractivity contribution in [2.24, 2.45) is 0 Å². The van der Waals surface area contributed by atoms with Crippen LogP contribution in [0.5, 0.6) is 5.75 Å². The van der Waals surface area contributed by atoms with Gasteiger partial charge in [-0.05, 0) is 35.4 Å². The summed E-state index contributed by atoms with van der Waals surface area (Å²) >= 11 is 0. The van der Waals surface area contributed by atoms with E-state index in [4.69, 9.17) is 9.47 Å². The Bertz CT molecular complexity index is 854. The number of nitrogens with one attached hydrogen (secondary N) is 2. The molecule has 1 saturated heterocycles. The summed E-state index contributed by atoms with van der Waals surface area (Å²) in [5.74, 6) is -1.06. The predicted octanol–water partition coefficient (Wildman–Crippen LogP) is 1.64. The molecule has 160 valence electrons. The molecule has 1 aliphatic rings. The number of amides is 2. The fraction of sp³-hybridized carbons (Fsp3) is 0.364. The molecule has 8 heteroatoms. The van der Waals surface area contributed by atoms with Crippen molar-refractivity contribution < 1.29 is 23.5 Å². The van der Waals surface area contributed by atoms with E-state index in [0.717, 1.165) is 24.4 Å². The second-order valence-electron chi connectivity index (χ2n) is 6.96. The molecule has 2 N–H and O–H groups in total. The first-order valence-corrected chi connectivity index (χ1v) is 9.83. The first kappa shape index (κ1) is 21.7. The highest BCUT2D eigenvalue weighted by atomic mass is 19.1. The second kappa shape index (κ2) is 10.7. The molecule has 30 heavy (non-hydrogen) atoms. The molecule has 0 saturated carbocycles. The van der Waals surface area contributed by atoms with Crippen LogP contribution in [0, 0.1) is 5.82 Å². The van der Waals surface area contributed by atoms with Gasteiger partial charge in [-0.25, -0.2) is 4.39 Å². The third-order valence-corrected chi connectivity index (χ3v) is 4.99. The van der Waals surface area contributed by atoms with Crippen LogP contribution in [-0.4, -0.2) is 56.7 Å². The number of hydrogen-bond donors (Lipinski definition) is 2. The highest BCUT2D eigenvalue weighted by molar-refractivity contribution is 6.35. The van der Waals surface area contributed by atoms with Crippen molar-refractivity contribution in [1.29, 1.82) is 0 Å². The lowest BCUT2D eigenvalue weighted by atomic mass is 10.0. The van der Waals surface area contributed by atoms with Crippen LogP contribution in [0.2, 0.25) is 0 Å². The lowest BCUT2D eigenvalue weighted by Crippen LogP contribution is -2.46. The van der Waals surface area contributed by atoms with Crippen molar-refractivity contribution in [3.8, 4) is 5.75 Å². The second-order valence-corrected chi connectivity index (χ2v) is 6.96. The third kappa shape index (κ3) is 6.01. The Morgan fingerprint density at radius 2 is 1.80 bits per heavy atom. The average Bonchev–Trinajstić information content (AvgIpc) is 2.79. The van der Waals surface area contributed by atoms with Gasteiger partial charge in [-0.3, -0.25) is 14.5 Å². The Morgan fingerprint density at radius 1 is 1.10 bits per heavy atom. The Labute approximate surface area is 175 Å². The quantitative estimate of drug-likeness (QED) is 0.672. The lowest BCUT2D eigenvalue weighted by molar-refractivity contribution is -0.139. The topological polar surface area (TPSA) is 79.9 Å². The molecule has 2 amide bonds. The van der Waals surface area contributed by atoms with Crippen LogP contribution in [0.25, 0.3) is 0 Å². The molecule has 3 rings (SSSR count). The minimum atomic E-state index is -0.731. The van der Waals surface area contributed by atoms with Crippen LogP contribution in [-0.2, 0) is 20.9 Å². The van der Waals surface area contributed by atoms with Gasteiger partial charge in [0.15, 0.2) is 0 Å². The summed E-state index contributed by atoms with van der Waals surface area (Å²) in [6.07, 6.45) is 0. The minimum absolute atomic E-state index is 0.113. The van der Waals surface area contributed by atoms with E-state index in [1.165, 1.54) is 12.1 Å². The zero-order valence-electron chi connectivity index (χ0n) is 16.9. The molecule has 1 aliphatic heterocycles. The van der Waals surface area contributed by atoms with E-state index in [1.54, 1.807) is 19.2 Å². The molecule has 2 aromatic rings. The van der Waals surface area contributed by atoms with Gasteiger partial charge in [-0.1, -0.05) is 24.3 Å². The average molecular weight is 415 g/mol. The lowest BCUT2D eigenvalue weighted by Gasteiger charge is -2.35. The molecule has 0 bridgehead atoms. The van der Waals surface area contributed by atoms with Crippen molar-refractivity contribution >= 4 is 11.8 Å². The van der Waals surface area contributed by atoms with Gasteiger partial charge in [-0.2, -0.15) is 0 Å². The monoisotopic (exact) mass is 415 g/mol. The van der Waals surface area contributed by atoms with Gasteiger partial charge in [0.05, 0.1) is 26.4 Å². The number of carbonyl (C=O) groups is 2. The standard InChI is InChI=1S/C22H26FN3O4/c1-29-19-4-2-3-17(13-19)20(26-9-11-30-12-10-26)15-25-22(28)21(27)24-14-16-5-7-18(23)8-6-16/h2-8,13,20H,9-12,14-15H2,1H3,(H,24,27)(H,25,28)/t20-/m1/s1. The van der Waals surface area contributed by atoms with Gasteiger partial charge in [0.2, 0.25) is 0 Å². The maximum absolute atomic E-state index is 13.0. The van der Waals surface area contributed by atoms with Crippen molar-refractivity contribution in [2.75, 3.05) is 40.0 Å². The van der Waals surface area contributed by atoms with E-state index in [0.29, 0.717) is 18.8 Å². The van der Waals surface area contributed by atoms with E-state index < -0.39 is 11.8 Å². The zero-order chi connectivity index (χ0) is 21.3. The molecule has 1 heterocycles. The molecule has 1 atom stereocenters. The van der Waals surface area contributed by atoms with E-state index in [9.17, 15) is 14.0 Å². The van der Waals surface area contributed by atoms with Gasteiger partial charge in [0.25, 0.3) is 0 Å². The third-order valence-electron chi connectivity index (χ3n) is 4.99. The summed E-state index contributed by atoms with van der Waals surface area (Å²) in [7, 11) is 1.61. The van der Waals surface area contributed by atoms with Crippen LogP contribution >= 0.6 is 0 Å². The first-order valence-electron chi connectivity index (χ1n) is 9.83. The number of morpholine rings is 1. The highest BCUT2D eigenvalue weighted by Gasteiger charge is 2.24. The Kier molecular flexibility index (Phi) is 7.75. The number of hydrogen-bond acceptors (Lipinski definition) is 5. The van der Waals surface area contributed by atoms with Crippen LogP contribution < -0.4 is 15.4 Å². The van der Waals surface area contributed by atoms with Crippen LogP contribution in [0.3, 0.4) is 0 Å². The molecule has 1 fully saturated rings. The molecule has 0 radical (unpaired) electrons. The summed E-state index contributed by atoms with van der Waals surface area (Å²) in [6.45, 7) is 3.12. The summed E-state index contributed by atoms with van der Waals surface area (Å²) in [4.78, 5) is 26.7. The Hall–Kier alpha value is -2.97. The van der Waals surface area contributed by atoms with E-state index in [2.05, 4.69) is 15.5 Å². The molecule has 0 aromatic heterocycles. The predicted molar refractivity (Wildman–Crippen MR) is 109 cm³/mol. The van der Waals surface area contributed by atoms with Gasteiger partial charge in [0, 0.05) is 26.2 Å². The van der Waals surface area contributed by atoms with Crippen molar-refractivity contribution in [3.63, 3.8) is 0 Å². The van der Waals surface area contributed by atoms with Gasteiger partial charge in [-0.15, -0.1) is 0 Å². The van der Waals surface area contributed by atoms with Gasteiger partial charge in [0.1, 0.15) is 11.6 Å². The summed E-state index contributed by atoms with van der Waals surface area (Å²) in [6, 6.07) is 13.3. The van der Waals surface area contributed by atoms with Crippen LogP contribution in [0.15, 0.2) is 48.5 Å². The summed E-state index contributed by atoms with van der Waals surface area (Å²) in [5, 5.41) is 5.28. The smallest absolute Gasteiger partial charge is 0.309 e. The van der Waals surface area contributed by atoms with Crippen LogP contribution in [0.4, 0.5) is 4.39 Å². The maximum atomic E-state index is 13.0. The number of nitrogens with zero attached hydrogens (tertiary/aromatic N) is 1. The molecule has 0 spiro atoms. The normalized spacial score (nSPS) is 15.3. The Balaban J connectivity index is 1.60. The summed E-state index contributed by atoms with van der Waals surface area (Å²) in [5.41, 5.74) is 1.70. The van der Waals surface area contributed by atoms with E-state index in [1.807, 2.05) is 24.3 Å². The summed E-state index contributed by atoms with van der Waals surface area (Å²) < 4.78 is 23.7. The van der Waals surface area contributed by atoms with E-state index >= 15 is 0 Å². The van der Waals surface area contributed by atoms with Crippen molar-refractivity contribution in [3.05, 3.63) is 65.5 Å². The first-order chi connectivity index (χ1) is 14.6. The maximum Gasteiger partial charge on any atom is 0.309 e. The van der Waals surface area contributed by atoms with Crippen LogP contribution in [0.1, 0.15) is 17.2 Å². The number of methoxy groups -OCH3 is 1. The molecule has 2 aromatic carbocycles. The SMILES string of the molecule is COc1cccc([C@@H](CNC(=O)C(=O)NCc2ccc(F)cc2)N2CCOCC2)c1. The molecule has 0 unspecified atom stereocenters. The molecular weight excluding hydrogens is 389 g/mol. The van der Waals surface area contributed by atoms with Gasteiger partial charge >= 0.3 is 11.8 Å². The van der Waals surface area contributed by atoms with Gasteiger partial charge < -0.3 is 20.1 Å². The highest BCUT2D eigenvalue weighted by Crippen LogP contribution is 2.24.